The molecule has 0 saturated heterocycles. The summed E-state index contributed by atoms with van der Waals surface area (Å²) in [6.07, 6.45) is 0.970. The second kappa shape index (κ2) is 4.76. The number of aliphatic hydroxyl groups excluding tert-OH is 1. The second-order valence-electron chi connectivity index (χ2n) is 2.35. The average molecular weight is 181 g/mol. The topological polar surface area (TPSA) is 87.5 Å². The van der Waals surface area contributed by atoms with Crippen molar-refractivity contribution in [2.45, 2.75) is 12.1 Å². The van der Waals surface area contributed by atoms with Crippen molar-refractivity contribution < 1.29 is 14.6 Å². The Morgan fingerprint density at radius 2 is 2.62 bits per heavy atom. The molecule has 7 heteroatoms. The second-order valence-corrected chi connectivity index (χ2v) is 2.35. The molecule has 1 N–H and O–H groups in total. The monoisotopic (exact) mass is 181 g/mol. The van der Waals surface area contributed by atoms with E-state index in [1.165, 1.54) is 6.08 Å². The van der Waals surface area contributed by atoms with Gasteiger partial charge in [-0.2, -0.15) is 0 Å². The highest BCUT2D eigenvalue weighted by molar-refractivity contribution is 6.12. The molecule has 2 radical (unpaired) electrons. The zero-order valence-corrected chi connectivity index (χ0v) is 6.83. The minimum atomic E-state index is -0.571. The van der Waals surface area contributed by atoms with Gasteiger partial charge in [0.1, 0.15) is 19.7 Å². The highest BCUT2D eigenvalue weighted by atomic mass is 16.6. The van der Waals surface area contributed by atoms with Gasteiger partial charge in [0.05, 0.1) is 6.61 Å². The first-order chi connectivity index (χ1) is 6.27. The molecule has 0 unspecified atom stereocenters. The van der Waals surface area contributed by atoms with Gasteiger partial charge in [0.2, 0.25) is 0 Å². The van der Waals surface area contributed by atoms with Crippen LogP contribution in [0.15, 0.2) is 16.9 Å². The summed E-state index contributed by atoms with van der Waals surface area (Å²) in [6.45, 7) is -0.343. The zero-order valence-electron chi connectivity index (χ0n) is 6.83. The van der Waals surface area contributed by atoms with Gasteiger partial charge in [0, 0.05) is 10.9 Å². The molecule has 2 atom stereocenters. The van der Waals surface area contributed by atoms with E-state index in [0.717, 1.165) is 0 Å². The molecule has 0 spiro atoms. The van der Waals surface area contributed by atoms with Gasteiger partial charge in [-0.3, -0.25) is 0 Å². The first-order valence-corrected chi connectivity index (χ1v) is 3.65. The third kappa shape index (κ3) is 2.66. The molecule has 13 heavy (non-hydrogen) atoms. The molecule has 1 aliphatic heterocycles. The van der Waals surface area contributed by atoms with Crippen molar-refractivity contribution in [2.75, 3.05) is 13.3 Å². The lowest BCUT2D eigenvalue weighted by atomic mass is 10.0. The summed E-state index contributed by atoms with van der Waals surface area (Å²) in [5.74, 6) is 0.405. The van der Waals surface area contributed by atoms with Crippen molar-refractivity contribution in [2.24, 2.45) is 5.11 Å². The molecule has 0 aromatic rings. The van der Waals surface area contributed by atoms with Gasteiger partial charge < -0.3 is 14.6 Å². The Hall–Kier alpha value is -1.17. The molecular weight excluding hydrogens is 173 g/mol. The van der Waals surface area contributed by atoms with Crippen molar-refractivity contribution in [3.8, 4) is 0 Å². The van der Waals surface area contributed by atoms with Crippen LogP contribution < -0.4 is 0 Å². The maximum atomic E-state index is 8.81. The molecule has 1 heterocycles. The number of azide groups is 1. The molecule has 0 amide bonds. The van der Waals surface area contributed by atoms with Crippen LogP contribution in [0.1, 0.15) is 0 Å². The van der Waals surface area contributed by atoms with Gasteiger partial charge >= 0.3 is 0 Å². The Kier molecular flexibility index (Phi) is 3.63. The fraction of sp³-hybridized carbons (Fsp3) is 0.667. The van der Waals surface area contributed by atoms with E-state index in [4.69, 9.17) is 28.0 Å². The third-order valence-electron chi connectivity index (χ3n) is 1.49. The van der Waals surface area contributed by atoms with Gasteiger partial charge in [-0.1, -0.05) is 5.11 Å². The van der Waals surface area contributed by atoms with E-state index in [0.29, 0.717) is 5.76 Å². The molecule has 0 aromatic heterocycles. The van der Waals surface area contributed by atoms with E-state index in [1.807, 2.05) is 0 Å². The van der Waals surface area contributed by atoms with Gasteiger partial charge in [0.25, 0.3) is 0 Å². The third-order valence-corrected chi connectivity index (χ3v) is 1.49. The van der Waals surface area contributed by atoms with Gasteiger partial charge in [-0.15, -0.1) is 0 Å². The predicted molar refractivity (Wildman–Crippen MR) is 44.7 cm³/mol. The van der Waals surface area contributed by atoms with Crippen molar-refractivity contribution in [1.29, 1.82) is 0 Å². The quantitative estimate of drug-likeness (QED) is 0.287. The smallest absolute Gasteiger partial charge is 0.167 e. The summed E-state index contributed by atoms with van der Waals surface area (Å²) in [5, 5.41) is 12.0. The summed E-state index contributed by atoms with van der Waals surface area (Å²) in [5.41, 5.74) is 7.97. The Labute approximate surface area is 76.2 Å². The molecule has 6 nitrogen and oxygen atoms in total. The molecular formula is C6H8BN3O3. The number of hydrogen-bond acceptors (Lipinski definition) is 4. The van der Waals surface area contributed by atoms with Crippen molar-refractivity contribution in [1.82, 2.24) is 0 Å². The molecule has 1 aliphatic rings. The van der Waals surface area contributed by atoms with E-state index in [1.54, 1.807) is 0 Å². The maximum absolute atomic E-state index is 8.81. The van der Waals surface area contributed by atoms with Crippen LogP contribution in [0.4, 0.5) is 0 Å². The Bertz CT molecular complexity index is 252. The lowest BCUT2D eigenvalue weighted by molar-refractivity contribution is 0.0215. The first kappa shape index (κ1) is 9.92. The summed E-state index contributed by atoms with van der Waals surface area (Å²) >= 11 is 0. The van der Waals surface area contributed by atoms with Crippen molar-refractivity contribution in [3.63, 3.8) is 0 Å². The summed E-state index contributed by atoms with van der Waals surface area (Å²) < 4.78 is 10.0. The fourth-order valence-electron chi connectivity index (χ4n) is 0.969. The maximum Gasteiger partial charge on any atom is 0.167 e. The van der Waals surface area contributed by atoms with Crippen molar-refractivity contribution >= 4 is 7.85 Å². The van der Waals surface area contributed by atoms with Crippen LogP contribution in [0.2, 0.25) is 0 Å². The van der Waals surface area contributed by atoms with E-state index < -0.39 is 12.1 Å². The minimum Gasteiger partial charge on any atom is -0.489 e. The van der Waals surface area contributed by atoms with Crippen LogP contribution in [0.25, 0.3) is 10.4 Å². The van der Waals surface area contributed by atoms with Crippen LogP contribution in [0.5, 0.6) is 0 Å². The highest BCUT2D eigenvalue weighted by Gasteiger charge is 2.24. The molecule has 0 saturated carbocycles. The number of rotatable bonds is 4. The molecule has 0 aliphatic carbocycles. The average Bonchev–Trinajstić information content (AvgIpc) is 2.47. The first-order valence-electron chi connectivity index (χ1n) is 3.65. The van der Waals surface area contributed by atoms with Crippen LogP contribution in [0, 0.1) is 0 Å². The lowest BCUT2D eigenvalue weighted by Crippen LogP contribution is -2.19. The number of ether oxygens (including phenoxy) is 2. The highest BCUT2D eigenvalue weighted by Crippen LogP contribution is 2.18. The molecule has 0 bridgehead atoms. The van der Waals surface area contributed by atoms with E-state index in [-0.39, 0.29) is 13.3 Å². The Balaban J connectivity index is 2.46. The minimum absolute atomic E-state index is 0.130. The Morgan fingerprint density at radius 3 is 3.23 bits per heavy atom. The van der Waals surface area contributed by atoms with Gasteiger partial charge in [-0.05, 0) is 11.6 Å². The van der Waals surface area contributed by atoms with Crippen LogP contribution in [-0.2, 0) is 9.47 Å². The largest absolute Gasteiger partial charge is 0.489 e. The summed E-state index contributed by atoms with van der Waals surface area (Å²) in [6, 6.07) is -0.571. The van der Waals surface area contributed by atoms with Gasteiger partial charge in [-0.25, -0.2) is 0 Å². The van der Waals surface area contributed by atoms with Crippen LogP contribution in [-0.4, -0.2) is 38.4 Å². The van der Waals surface area contributed by atoms with Crippen molar-refractivity contribution in [3.05, 3.63) is 22.3 Å². The summed E-state index contributed by atoms with van der Waals surface area (Å²) in [4.78, 5) is 2.50. The standard InChI is InChI=1S/C6H8BN3O3/c7-6-1-4(5(2-11)13-6)12-3-9-10-8/h1,5-6,11H,2-3H2/t5-,6-/m1/s1. The zero-order chi connectivity index (χ0) is 9.68. The Morgan fingerprint density at radius 1 is 1.85 bits per heavy atom. The van der Waals surface area contributed by atoms with Crippen LogP contribution >= 0.6 is 0 Å². The normalized spacial score (nSPS) is 26.4. The lowest BCUT2D eigenvalue weighted by Gasteiger charge is -2.12. The molecule has 0 fully saturated rings. The van der Waals surface area contributed by atoms with E-state index in [9.17, 15) is 0 Å². The predicted octanol–water partition coefficient (Wildman–Crippen LogP) is 0.0404. The van der Waals surface area contributed by atoms with Crippen LogP contribution in [0.3, 0.4) is 0 Å². The van der Waals surface area contributed by atoms with Gasteiger partial charge in [0.15, 0.2) is 6.73 Å². The number of nitrogens with zero attached hydrogens (tertiary/aromatic N) is 3. The molecule has 1 rings (SSSR count). The number of aliphatic hydroxyl groups is 1. The summed E-state index contributed by atoms with van der Waals surface area (Å²) in [7, 11) is 5.40. The fourth-order valence-corrected chi connectivity index (χ4v) is 0.969. The number of hydrogen-bond donors (Lipinski definition) is 1. The molecule has 68 valence electrons. The van der Waals surface area contributed by atoms with E-state index in [2.05, 4.69) is 10.0 Å². The SMILES string of the molecule is [B][C@H]1C=C(OCN=[N+]=[N-])[C@@H](CO)O1. The van der Waals surface area contributed by atoms with E-state index >= 15 is 0 Å². The molecule has 0 aromatic carbocycles.